The summed E-state index contributed by atoms with van der Waals surface area (Å²) in [6, 6.07) is 0. The fourth-order valence-corrected chi connectivity index (χ4v) is 4.12. The smallest absolute Gasteiger partial charge is 0.323 e. The predicted octanol–water partition coefficient (Wildman–Crippen LogP) is -0.777. The zero-order chi connectivity index (χ0) is 13.3. The van der Waals surface area contributed by atoms with E-state index in [-0.39, 0.29) is 5.25 Å². The molecule has 2 atom stereocenters. The van der Waals surface area contributed by atoms with Gasteiger partial charge in [-0.3, -0.25) is 14.4 Å². The van der Waals surface area contributed by atoms with E-state index in [0.717, 1.165) is 0 Å². The Morgan fingerprint density at radius 2 is 1.71 bits per heavy atom. The van der Waals surface area contributed by atoms with Crippen LogP contribution in [0.5, 0.6) is 0 Å². The first-order chi connectivity index (χ1) is 7.60. The lowest BCUT2D eigenvalue weighted by molar-refractivity contribution is 0.294. The number of hydrogen-bond donors (Lipinski definition) is 7. The molecule has 0 spiro atoms. The molecule has 102 valence electrons. The normalized spacial score (nSPS) is 27.4. The monoisotopic (exact) mass is 306 g/mol. The molecule has 0 bridgehead atoms. The van der Waals surface area contributed by atoms with Gasteiger partial charge in [0.2, 0.25) is 5.52 Å². The van der Waals surface area contributed by atoms with Gasteiger partial charge in [-0.1, -0.05) is 0 Å². The summed E-state index contributed by atoms with van der Waals surface area (Å²) in [5, 5.41) is 5.29. The number of thiol groups is 1. The van der Waals surface area contributed by atoms with Crippen LogP contribution >= 0.6 is 27.8 Å². The highest BCUT2D eigenvalue weighted by atomic mass is 32.1. The van der Waals surface area contributed by atoms with Gasteiger partial charge in [0.1, 0.15) is 0 Å². The van der Waals surface area contributed by atoms with Crippen molar-refractivity contribution < 1.29 is 28.7 Å². The molecule has 0 aliphatic carbocycles. The topological polar surface area (TPSA) is 139 Å². The first kappa shape index (κ1) is 15.6. The van der Waals surface area contributed by atoms with E-state index in [1.165, 1.54) is 0 Å². The molecule has 17 heavy (non-hydrogen) atoms. The molecule has 1 saturated heterocycles. The van der Waals surface area contributed by atoms with Gasteiger partial charge in [0.05, 0.1) is 6.17 Å². The van der Waals surface area contributed by atoms with Crippen molar-refractivity contribution in [2.45, 2.75) is 29.8 Å². The molecule has 0 radical (unpaired) electrons. The lowest BCUT2D eigenvalue weighted by atomic mass is 10.1. The molecule has 0 aromatic carbocycles. The van der Waals surface area contributed by atoms with Crippen LogP contribution < -0.4 is 10.6 Å². The average molecular weight is 306 g/mol. The Hall–Kier alpha value is 0.570. The molecule has 11 heteroatoms. The van der Waals surface area contributed by atoms with E-state index < -0.39 is 26.9 Å². The summed E-state index contributed by atoms with van der Waals surface area (Å²) in [5.74, 6) is 0. The average Bonchev–Trinajstić information content (AvgIpc) is 2.13. The SMILES string of the molecule is O=P(O)(O)C(NC1CCC(S)CN1)P(=O)(O)O. The standard InChI is InChI=1S/C6H16N2O6P2S/c9-15(10,11)6(16(12,13)14)8-5-2-1-4(17)3-7-5/h4-8,17H,1-3H2,(H2,9,10,11)(H2,12,13,14). The first-order valence-electron chi connectivity index (χ1n) is 4.88. The van der Waals surface area contributed by atoms with Gasteiger partial charge in [0.25, 0.3) is 0 Å². The van der Waals surface area contributed by atoms with Gasteiger partial charge in [0, 0.05) is 11.8 Å². The summed E-state index contributed by atoms with van der Waals surface area (Å²) >= 11 is 4.21. The quantitative estimate of drug-likeness (QED) is 0.265. The summed E-state index contributed by atoms with van der Waals surface area (Å²) < 4.78 is 22.0. The van der Waals surface area contributed by atoms with Crippen LogP contribution in [0.3, 0.4) is 0 Å². The third-order valence-electron chi connectivity index (χ3n) is 2.38. The van der Waals surface area contributed by atoms with Crippen molar-refractivity contribution in [3.8, 4) is 0 Å². The van der Waals surface area contributed by atoms with Gasteiger partial charge in [-0.25, -0.2) is 0 Å². The highest BCUT2D eigenvalue weighted by molar-refractivity contribution is 7.81. The predicted molar refractivity (Wildman–Crippen MR) is 64.8 cm³/mol. The van der Waals surface area contributed by atoms with Gasteiger partial charge in [0.15, 0.2) is 0 Å². The van der Waals surface area contributed by atoms with Crippen LogP contribution in [-0.4, -0.2) is 43.1 Å². The van der Waals surface area contributed by atoms with Crippen LogP contribution in [-0.2, 0) is 9.13 Å². The maximum Gasteiger partial charge on any atom is 0.354 e. The van der Waals surface area contributed by atoms with Gasteiger partial charge in [-0.15, -0.1) is 0 Å². The van der Waals surface area contributed by atoms with Crippen LogP contribution in [0.25, 0.3) is 0 Å². The molecule has 1 rings (SSSR count). The van der Waals surface area contributed by atoms with Gasteiger partial charge >= 0.3 is 15.2 Å². The van der Waals surface area contributed by atoms with Crippen LogP contribution in [0.15, 0.2) is 0 Å². The third-order valence-corrected chi connectivity index (χ3v) is 6.19. The van der Waals surface area contributed by atoms with Gasteiger partial charge < -0.3 is 24.9 Å². The van der Waals surface area contributed by atoms with Crippen LogP contribution in [0.2, 0.25) is 0 Å². The Labute approximate surface area is 104 Å². The Morgan fingerprint density at radius 1 is 1.18 bits per heavy atom. The lowest BCUT2D eigenvalue weighted by Gasteiger charge is -2.31. The van der Waals surface area contributed by atoms with Crippen molar-refractivity contribution in [1.29, 1.82) is 0 Å². The van der Waals surface area contributed by atoms with E-state index in [9.17, 15) is 9.13 Å². The highest BCUT2D eigenvalue weighted by Gasteiger charge is 2.44. The maximum atomic E-state index is 11.0. The summed E-state index contributed by atoms with van der Waals surface area (Å²) in [5.41, 5.74) is -2.16. The molecule has 0 aromatic heterocycles. The molecule has 0 amide bonds. The van der Waals surface area contributed by atoms with E-state index in [4.69, 9.17) is 19.6 Å². The largest absolute Gasteiger partial charge is 0.354 e. The molecule has 0 saturated carbocycles. The van der Waals surface area contributed by atoms with E-state index in [1.807, 2.05) is 0 Å². The minimum atomic E-state index is -4.91. The fraction of sp³-hybridized carbons (Fsp3) is 1.00. The summed E-state index contributed by atoms with van der Waals surface area (Å²) in [7, 11) is -9.83. The fourth-order valence-electron chi connectivity index (χ4n) is 1.55. The second-order valence-corrected chi connectivity index (χ2v) is 8.44. The number of piperidine rings is 1. The van der Waals surface area contributed by atoms with Crippen molar-refractivity contribution >= 4 is 27.8 Å². The Balaban J connectivity index is 2.69. The van der Waals surface area contributed by atoms with Crippen LogP contribution in [0, 0.1) is 0 Å². The molecule has 1 aliphatic rings. The minimum Gasteiger partial charge on any atom is -0.323 e. The zero-order valence-corrected chi connectivity index (χ0v) is 11.5. The van der Waals surface area contributed by atoms with E-state index >= 15 is 0 Å². The van der Waals surface area contributed by atoms with E-state index in [1.54, 1.807) is 0 Å². The number of rotatable bonds is 4. The number of hydrogen-bond acceptors (Lipinski definition) is 5. The van der Waals surface area contributed by atoms with Gasteiger partial charge in [-0.05, 0) is 12.8 Å². The molecule has 1 heterocycles. The molecule has 6 N–H and O–H groups in total. The molecule has 0 aromatic rings. The minimum absolute atomic E-state index is 0.136. The van der Waals surface area contributed by atoms with Crippen LogP contribution in [0.1, 0.15) is 12.8 Å². The summed E-state index contributed by atoms with van der Waals surface area (Å²) in [6.45, 7) is 0.510. The van der Waals surface area contributed by atoms with Crippen molar-refractivity contribution in [3.05, 3.63) is 0 Å². The lowest BCUT2D eigenvalue weighted by Crippen LogP contribution is -2.51. The second-order valence-electron chi connectivity index (χ2n) is 3.91. The highest BCUT2D eigenvalue weighted by Crippen LogP contribution is 2.58. The van der Waals surface area contributed by atoms with Crippen molar-refractivity contribution in [2.24, 2.45) is 0 Å². The van der Waals surface area contributed by atoms with Gasteiger partial charge in [-0.2, -0.15) is 12.6 Å². The zero-order valence-electron chi connectivity index (χ0n) is 8.80. The Bertz CT molecular complexity index is 326. The van der Waals surface area contributed by atoms with Crippen molar-refractivity contribution in [2.75, 3.05) is 6.54 Å². The van der Waals surface area contributed by atoms with Crippen LogP contribution in [0.4, 0.5) is 0 Å². The van der Waals surface area contributed by atoms with E-state index in [2.05, 4.69) is 23.3 Å². The molecule has 8 nitrogen and oxygen atoms in total. The molecule has 1 aliphatic heterocycles. The Morgan fingerprint density at radius 3 is 2.06 bits per heavy atom. The first-order valence-corrected chi connectivity index (χ1v) is 8.76. The number of nitrogens with one attached hydrogen (secondary N) is 2. The Kier molecular flexibility index (Phi) is 5.23. The van der Waals surface area contributed by atoms with E-state index in [0.29, 0.717) is 19.4 Å². The maximum absolute atomic E-state index is 11.0. The summed E-state index contributed by atoms with van der Waals surface area (Å²) in [4.78, 5) is 35.6. The summed E-state index contributed by atoms with van der Waals surface area (Å²) in [6.07, 6.45) is 0.650. The van der Waals surface area contributed by atoms with Crippen molar-refractivity contribution in [1.82, 2.24) is 10.6 Å². The molecule has 2 unspecified atom stereocenters. The third kappa shape index (κ3) is 4.98. The molecular formula is C6H16N2O6P2S. The van der Waals surface area contributed by atoms with Crippen molar-refractivity contribution in [3.63, 3.8) is 0 Å². The molecule has 1 fully saturated rings. The molecular weight excluding hydrogens is 290 g/mol. The second kappa shape index (κ2) is 5.69.